The molecule has 13 rings (SSSR count). The summed E-state index contributed by atoms with van der Waals surface area (Å²) in [5.74, 6) is 0. The Bertz CT molecular complexity index is 3980. The zero-order valence-corrected chi connectivity index (χ0v) is 37.9. The van der Waals surface area contributed by atoms with Crippen LogP contribution in [-0.4, -0.2) is 0 Å². The Morgan fingerprint density at radius 3 is 0.783 bits per heavy atom. The predicted octanol–water partition coefficient (Wildman–Crippen LogP) is 19.3. The SMILES string of the molecule is c1ccc2cc(-c3ccc(-c4ccc(N(c5ccc(-c6ccc(-c7ccc8c9ccccc9c9ccccc9c8c7)cc6)cc5)c5ccc(-c6ccc7ccccc7c6)cc5)cc4)cc3)ccc2c1. The van der Waals surface area contributed by atoms with Crippen molar-refractivity contribution in [1.29, 1.82) is 0 Å². The first kappa shape index (κ1) is 40.3. The third-order valence-corrected chi connectivity index (χ3v) is 14.1. The zero-order chi connectivity index (χ0) is 45.7. The molecule has 0 bridgehead atoms. The van der Waals surface area contributed by atoms with E-state index in [1.807, 2.05) is 0 Å². The average Bonchev–Trinajstić information content (AvgIpc) is 3.43. The summed E-state index contributed by atoms with van der Waals surface area (Å²) in [6.45, 7) is 0. The highest BCUT2D eigenvalue weighted by atomic mass is 15.1. The largest absolute Gasteiger partial charge is 0.311 e. The Labute approximate surface area is 402 Å². The lowest BCUT2D eigenvalue weighted by Crippen LogP contribution is -2.09. The molecule has 0 amide bonds. The standard InChI is InChI=1S/C68H45N/c1-3-11-55-43-57(27-25-46(55)9-1)52-21-17-48(18-22-52)50-29-36-60(37-30-50)69(62-40-33-54(34-41-62)58-28-26-47-10-2-4-12-56(47)44-58)61-38-31-51(32-39-61)49-19-23-53(24-20-49)59-35-42-67-65-15-6-5-13-63(65)64-14-7-8-16-66(64)68(67)45-59/h1-45H. The van der Waals surface area contributed by atoms with Crippen molar-refractivity contribution in [3.63, 3.8) is 0 Å². The Morgan fingerprint density at radius 2 is 0.406 bits per heavy atom. The summed E-state index contributed by atoms with van der Waals surface area (Å²) >= 11 is 0. The molecule has 0 radical (unpaired) electrons. The molecule has 0 unspecified atom stereocenters. The topological polar surface area (TPSA) is 3.24 Å². The van der Waals surface area contributed by atoms with Crippen LogP contribution in [0.2, 0.25) is 0 Å². The molecule has 0 heterocycles. The van der Waals surface area contributed by atoms with Gasteiger partial charge >= 0.3 is 0 Å². The Morgan fingerprint density at radius 1 is 0.159 bits per heavy atom. The van der Waals surface area contributed by atoms with Crippen LogP contribution >= 0.6 is 0 Å². The van der Waals surface area contributed by atoms with Gasteiger partial charge in [0.25, 0.3) is 0 Å². The van der Waals surface area contributed by atoms with E-state index >= 15 is 0 Å². The normalized spacial score (nSPS) is 11.5. The highest BCUT2D eigenvalue weighted by molar-refractivity contribution is 6.25. The molecule has 0 saturated carbocycles. The molecule has 0 aliphatic heterocycles. The fourth-order valence-electron chi connectivity index (χ4n) is 10.4. The number of hydrogen-bond donors (Lipinski definition) is 0. The highest BCUT2D eigenvalue weighted by Crippen LogP contribution is 2.40. The van der Waals surface area contributed by atoms with Crippen LogP contribution in [0.5, 0.6) is 0 Å². The van der Waals surface area contributed by atoms with Crippen LogP contribution < -0.4 is 4.90 Å². The number of benzene rings is 13. The number of fused-ring (bicyclic) bond motifs is 8. The van der Waals surface area contributed by atoms with Gasteiger partial charge in [-0.1, -0.05) is 218 Å². The van der Waals surface area contributed by atoms with Gasteiger partial charge in [-0.3, -0.25) is 0 Å². The number of rotatable bonds is 8. The van der Waals surface area contributed by atoms with Crippen LogP contribution in [0.4, 0.5) is 17.1 Å². The van der Waals surface area contributed by atoms with Crippen LogP contribution in [0.25, 0.3) is 109 Å². The van der Waals surface area contributed by atoms with Gasteiger partial charge in [0.1, 0.15) is 0 Å². The van der Waals surface area contributed by atoms with E-state index in [0.29, 0.717) is 0 Å². The molecule has 0 saturated heterocycles. The molecule has 13 aromatic rings. The van der Waals surface area contributed by atoms with Crippen LogP contribution in [0.3, 0.4) is 0 Å². The first-order valence-corrected chi connectivity index (χ1v) is 23.8. The van der Waals surface area contributed by atoms with E-state index in [1.54, 1.807) is 0 Å². The lowest BCUT2D eigenvalue weighted by atomic mass is 9.92. The van der Waals surface area contributed by atoms with Gasteiger partial charge in [-0.05, 0) is 164 Å². The molecule has 13 aromatic carbocycles. The molecule has 0 aliphatic rings. The van der Waals surface area contributed by atoms with Crippen LogP contribution in [0.1, 0.15) is 0 Å². The highest BCUT2D eigenvalue weighted by Gasteiger charge is 2.15. The van der Waals surface area contributed by atoms with Crippen LogP contribution in [0.15, 0.2) is 273 Å². The van der Waals surface area contributed by atoms with E-state index in [4.69, 9.17) is 0 Å². The number of hydrogen-bond acceptors (Lipinski definition) is 1. The average molecular weight is 876 g/mol. The third kappa shape index (κ3) is 7.48. The van der Waals surface area contributed by atoms with Crippen molar-refractivity contribution in [3.8, 4) is 55.6 Å². The summed E-state index contributed by atoms with van der Waals surface area (Å²) in [7, 11) is 0. The summed E-state index contributed by atoms with van der Waals surface area (Å²) in [6, 6.07) is 99.9. The maximum atomic E-state index is 2.37. The summed E-state index contributed by atoms with van der Waals surface area (Å²) in [5, 5.41) is 12.8. The quantitative estimate of drug-likeness (QED) is 0.138. The van der Waals surface area contributed by atoms with E-state index < -0.39 is 0 Å². The molecule has 0 spiro atoms. The van der Waals surface area contributed by atoms with Crippen LogP contribution in [0, 0.1) is 0 Å². The molecule has 0 aromatic heterocycles. The lowest BCUT2D eigenvalue weighted by Gasteiger charge is -2.26. The Hall–Kier alpha value is -9.04. The van der Waals surface area contributed by atoms with Gasteiger partial charge in [-0.2, -0.15) is 0 Å². The summed E-state index contributed by atoms with van der Waals surface area (Å²) in [4.78, 5) is 2.36. The molecule has 0 N–H and O–H groups in total. The molecule has 1 nitrogen and oxygen atoms in total. The van der Waals surface area contributed by atoms with E-state index in [0.717, 1.165) is 17.1 Å². The molecule has 0 aliphatic carbocycles. The van der Waals surface area contributed by atoms with Gasteiger partial charge in [0.15, 0.2) is 0 Å². The van der Waals surface area contributed by atoms with Gasteiger partial charge < -0.3 is 4.90 Å². The fourth-order valence-corrected chi connectivity index (χ4v) is 10.4. The molecular formula is C68H45N. The summed E-state index contributed by atoms with van der Waals surface area (Å²) in [5.41, 5.74) is 15.3. The van der Waals surface area contributed by atoms with Gasteiger partial charge in [-0.25, -0.2) is 0 Å². The maximum Gasteiger partial charge on any atom is 0.0462 e. The molecule has 0 fully saturated rings. The van der Waals surface area contributed by atoms with Crippen LogP contribution in [-0.2, 0) is 0 Å². The molecule has 69 heavy (non-hydrogen) atoms. The van der Waals surface area contributed by atoms with E-state index in [-0.39, 0.29) is 0 Å². The fraction of sp³-hybridized carbons (Fsp3) is 0. The van der Waals surface area contributed by atoms with Crippen molar-refractivity contribution in [2.45, 2.75) is 0 Å². The van der Waals surface area contributed by atoms with Crippen molar-refractivity contribution in [2.75, 3.05) is 4.90 Å². The number of anilines is 3. The van der Waals surface area contributed by atoms with Gasteiger partial charge in [0.2, 0.25) is 0 Å². The maximum absolute atomic E-state index is 2.37. The van der Waals surface area contributed by atoms with Gasteiger partial charge in [0.05, 0.1) is 0 Å². The second kappa shape index (κ2) is 17.0. The molecule has 0 atom stereocenters. The molecule has 1 heteroatoms. The smallest absolute Gasteiger partial charge is 0.0462 e. The zero-order valence-electron chi connectivity index (χ0n) is 37.9. The Kier molecular flexibility index (Phi) is 9.91. The van der Waals surface area contributed by atoms with Gasteiger partial charge in [0, 0.05) is 17.1 Å². The van der Waals surface area contributed by atoms with Gasteiger partial charge in [-0.15, -0.1) is 0 Å². The Balaban J connectivity index is 0.808. The third-order valence-electron chi connectivity index (χ3n) is 14.1. The van der Waals surface area contributed by atoms with E-state index in [1.165, 1.54) is 109 Å². The molecular weight excluding hydrogens is 831 g/mol. The van der Waals surface area contributed by atoms with Crippen molar-refractivity contribution < 1.29 is 0 Å². The minimum absolute atomic E-state index is 1.09. The second-order valence-corrected chi connectivity index (χ2v) is 18.1. The summed E-state index contributed by atoms with van der Waals surface area (Å²) in [6.07, 6.45) is 0. The summed E-state index contributed by atoms with van der Waals surface area (Å²) < 4.78 is 0. The van der Waals surface area contributed by atoms with Crippen molar-refractivity contribution in [2.24, 2.45) is 0 Å². The lowest BCUT2D eigenvalue weighted by molar-refractivity contribution is 1.28. The van der Waals surface area contributed by atoms with E-state index in [2.05, 4.69) is 278 Å². The van der Waals surface area contributed by atoms with Crippen molar-refractivity contribution >= 4 is 70.9 Å². The minimum atomic E-state index is 1.09. The van der Waals surface area contributed by atoms with E-state index in [9.17, 15) is 0 Å². The molecule has 322 valence electrons. The number of nitrogens with zero attached hydrogens (tertiary/aromatic N) is 1. The van der Waals surface area contributed by atoms with Crippen molar-refractivity contribution in [1.82, 2.24) is 0 Å². The second-order valence-electron chi connectivity index (χ2n) is 18.1. The first-order chi connectivity index (χ1) is 34.2. The monoisotopic (exact) mass is 875 g/mol. The van der Waals surface area contributed by atoms with Crippen molar-refractivity contribution in [3.05, 3.63) is 273 Å². The first-order valence-electron chi connectivity index (χ1n) is 23.8. The predicted molar refractivity (Wildman–Crippen MR) is 296 cm³/mol. The minimum Gasteiger partial charge on any atom is -0.311 e.